The summed E-state index contributed by atoms with van der Waals surface area (Å²) in [7, 11) is 1.34. The number of halogens is 1. The third kappa shape index (κ3) is 2.98. The van der Waals surface area contributed by atoms with Crippen LogP contribution in [0.3, 0.4) is 0 Å². The van der Waals surface area contributed by atoms with Crippen molar-refractivity contribution in [3.63, 3.8) is 0 Å². The van der Waals surface area contributed by atoms with E-state index in [1.807, 2.05) is 6.07 Å². The van der Waals surface area contributed by atoms with Gasteiger partial charge in [0, 0.05) is 12.3 Å². The number of alkyl halides is 1. The van der Waals surface area contributed by atoms with Crippen molar-refractivity contribution in [2.24, 2.45) is 0 Å². The molecular weight excluding hydrogens is 226 g/mol. The lowest BCUT2D eigenvalue weighted by Crippen LogP contribution is -2.05. The van der Waals surface area contributed by atoms with E-state index < -0.39 is 5.97 Å². The molecule has 3 nitrogen and oxygen atoms in total. The lowest BCUT2D eigenvalue weighted by Gasteiger charge is -2.07. The molecule has 84 valence electrons. The number of hydrogen-bond donors (Lipinski definition) is 0. The van der Waals surface area contributed by atoms with E-state index in [9.17, 15) is 4.79 Å². The molecule has 0 saturated carbocycles. The number of rotatable bonds is 4. The Morgan fingerprint density at radius 2 is 2.31 bits per heavy atom. The van der Waals surface area contributed by atoms with Crippen molar-refractivity contribution in [3.05, 3.63) is 34.9 Å². The van der Waals surface area contributed by atoms with E-state index in [-0.39, 0.29) is 5.88 Å². The molecule has 1 rings (SSSR count). The molecule has 0 aliphatic heterocycles. The molecule has 1 aromatic carbocycles. The van der Waals surface area contributed by atoms with Gasteiger partial charge in [-0.05, 0) is 23.6 Å². The van der Waals surface area contributed by atoms with Crippen molar-refractivity contribution < 1.29 is 9.53 Å². The Hall–Kier alpha value is -1.53. The van der Waals surface area contributed by atoms with Gasteiger partial charge in [0.25, 0.3) is 0 Å². The molecule has 0 bridgehead atoms. The van der Waals surface area contributed by atoms with E-state index in [1.165, 1.54) is 7.11 Å². The van der Waals surface area contributed by atoms with E-state index >= 15 is 0 Å². The van der Waals surface area contributed by atoms with Crippen LogP contribution in [0.1, 0.15) is 27.9 Å². The van der Waals surface area contributed by atoms with Crippen LogP contribution in [-0.4, -0.2) is 13.1 Å². The van der Waals surface area contributed by atoms with Gasteiger partial charge in [-0.1, -0.05) is 12.1 Å². The summed E-state index contributed by atoms with van der Waals surface area (Å²) >= 11 is 5.73. The molecule has 0 aliphatic carbocycles. The first-order valence-corrected chi connectivity index (χ1v) is 5.39. The van der Waals surface area contributed by atoms with Crippen LogP contribution >= 0.6 is 11.6 Å². The number of benzene rings is 1. The molecule has 1 aromatic rings. The summed E-state index contributed by atoms with van der Waals surface area (Å²) < 4.78 is 4.68. The summed E-state index contributed by atoms with van der Waals surface area (Å²) in [6.07, 6.45) is 1.06. The second-order valence-corrected chi connectivity index (χ2v) is 3.54. The minimum Gasteiger partial charge on any atom is -0.465 e. The van der Waals surface area contributed by atoms with Gasteiger partial charge in [-0.25, -0.2) is 4.79 Å². The number of aryl methyl sites for hydroxylation is 1. The molecule has 0 unspecified atom stereocenters. The standard InChI is InChI=1S/C12H12ClNO2/c1-16-12(15)11-7-9(3-2-6-14)4-5-10(11)8-13/h4-5,7H,2-3,8H2,1H3. The maximum Gasteiger partial charge on any atom is 0.338 e. The molecule has 0 aliphatic rings. The first-order chi connectivity index (χ1) is 7.72. The van der Waals surface area contributed by atoms with E-state index in [4.69, 9.17) is 16.9 Å². The van der Waals surface area contributed by atoms with Crippen LogP contribution in [-0.2, 0) is 17.0 Å². The Balaban J connectivity index is 3.02. The Bertz CT molecular complexity index is 424. The van der Waals surface area contributed by atoms with Crippen molar-refractivity contribution in [3.8, 4) is 6.07 Å². The number of carbonyl (C=O) groups excluding carboxylic acids is 1. The molecule has 0 heterocycles. The zero-order valence-electron chi connectivity index (χ0n) is 9.00. The number of carbonyl (C=O) groups is 1. The zero-order chi connectivity index (χ0) is 12.0. The average Bonchev–Trinajstić information content (AvgIpc) is 2.35. The van der Waals surface area contributed by atoms with Gasteiger partial charge in [0.05, 0.1) is 18.7 Å². The molecule has 0 spiro atoms. The quantitative estimate of drug-likeness (QED) is 0.598. The lowest BCUT2D eigenvalue weighted by molar-refractivity contribution is 0.0599. The predicted molar refractivity (Wildman–Crippen MR) is 61.3 cm³/mol. The van der Waals surface area contributed by atoms with Crippen LogP contribution < -0.4 is 0 Å². The van der Waals surface area contributed by atoms with Crippen molar-refractivity contribution >= 4 is 17.6 Å². The summed E-state index contributed by atoms with van der Waals surface area (Å²) in [6.45, 7) is 0. The third-order valence-corrected chi connectivity index (χ3v) is 2.54. The average molecular weight is 238 g/mol. The highest BCUT2D eigenvalue weighted by Crippen LogP contribution is 2.16. The minimum atomic E-state index is -0.394. The van der Waals surface area contributed by atoms with Gasteiger partial charge >= 0.3 is 5.97 Å². The second kappa shape index (κ2) is 6.14. The Kier molecular flexibility index (Phi) is 4.81. The van der Waals surface area contributed by atoms with E-state index in [0.29, 0.717) is 18.4 Å². The second-order valence-electron chi connectivity index (χ2n) is 3.27. The molecule has 0 N–H and O–H groups in total. The summed E-state index contributed by atoms with van der Waals surface area (Å²) in [6, 6.07) is 7.48. The molecule has 0 aromatic heterocycles. The van der Waals surface area contributed by atoms with Gasteiger partial charge in [0.1, 0.15) is 0 Å². The summed E-state index contributed by atoms with van der Waals surface area (Å²) in [5, 5.41) is 8.49. The number of hydrogen-bond acceptors (Lipinski definition) is 3. The number of esters is 1. The zero-order valence-corrected chi connectivity index (χ0v) is 9.75. The first-order valence-electron chi connectivity index (χ1n) is 4.86. The fourth-order valence-corrected chi connectivity index (χ4v) is 1.63. The maximum atomic E-state index is 11.5. The van der Waals surface area contributed by atoms with Crippen LogP contribution in [0.15, 0.2) is 18.2 Å². The van der Waals surface area contributed by atoms with E-state index in [2.05, 4.69) is 10.8 Å². The summed E-state index contributed by atoms with van der Waals surface area (Å²) in [5.74, 6) is -0.127. The number of methoxy groups -OCH3 is 1. The fraction of sp³-hybridized carbons (Fsp3) is 0.333. The van der Waals surface area contributed by atoms with Crippen molar-refractivity contribution in [2.75, 3.05) is 7.11 Å². The summed E-state index contributed by atoms with van der Waals surface area (Å²) in [5.41, 5.74) is 2.16. The van der Waals surface area contributed by atoms with Crippen molar-refractivity contribution in [1.82, 2.24) is 0 Å². The fourth-order valence-electron chi connectivity index (χ4n) is 1.40. The van der Waals surface area contributed by atoms with Gasteiger partial charge in [-0.2, -0.15) is 5.26 Å². The SMILES string of the molecule is COC(=O)c1cc(CCC#N)ccc1CCl. The van der Waals surface area contributed by atoms with Gasteiger partial charge in [-0.15, -0.1) is 11.6 Å². The Morgan fingerprint density at radius 3 is 2.88 bits per heavy atom. The maximum absolute atomic E-state index is 11.5. The van der Waals surface area contributed by atoms with Crippen LogP contribution in [0.25, 0.3) is 0 Å². The van der Waals surface area contributed by atoms with Gasteiger partial charge in [-0.3, -0.25) is 0 Å². The van der Waals surface area contributed by atoms with Gasteiger partial charge in [0.2, 0.25) is 0 Å². The van der Waals surface area contributed by atoms with Crippen LogP contribution in [0, 0.1) is 11.3 Å². The molecule has 0 radical (unpaired) electrons. The Labute approximate surface area is 99.6 Å². The lowest BCUT2D eigenvalue weighted by atomic mass is 10.0. The summed E-state index contributed by atoms with van der Waals surface area (Å²) in [4.78, 5) is 11.5. The molecule has 4 heteroatoms. The van der Waals surface area contributed by atoms with Crippen molar-refractivity contribution in [1.29, 1.82) is 5.26 Å². The van der Waals surface area contributed by atoms with Crippen LogP contribution in [0.5, 0.6) is 0 Å². The number of nitriles is 1. The molecule has 0 fully saturated rings. The highest BCUT2D eigenvalue weighted by molar-refractivity contribution is 6.17. The predicted octanol–water partition coefficient (Wildman–Crippen LogP) is 2.67. The van der Waals surface area contributed by atoms with Crippen LogP contribution in [0.4, 0.5) is 0 Å². The topological polar surface area (TPSA) is 50.1 Å². The number of ether oxygens (including phenoxy) is 1. The minimum absolute atomic E-state index is 0.267. The molecular formula is C12H12ClNO2. The number of nitrogens with zero attached hydrogens (tertiary/aromatic N) is 1. The largest absolute Gasteiger partial charge is 0.465 e. The van der Waals surface area contributed by atoms with E-state index in [1.54, 1.807) is 12.1 Å². The molecule has 0 amide bonds. The monoisotopic (exact) mass is 237 g/mol. The molecule has 0 saturated heterocycles. The van der Waals surface area contributed by atoms with Crippen molar-refractivity contribution in [2.45, 2.75) is 18.7 Å². The van der Waals surface area contributed by atoms with E-state index in [0.717, 1.165) is 11.1 Å². The molecule has 16 heavy (non-hydrogen) atoms. The van der Waals surface area contributed by atoms with Gasteiger partial charge < -0.3 is 4.74 Å². The third-order valence-electron chi connectivity index (χ3n) is 2.25. The normalized spacial score (nSPS) is 9.56. The Morgan fingerprint density at radius 1 is 1.56 bits per heavy atom. The highest BCUT2D eigenvalue weighted by Gasteiger charge is 2.11. The molecule has 0 atom stereocenters. The first kappa shape index (κ1) is 12.5. The van der Waals surface area contributed by atoms with Crippen LogP contribution in [0.2, 0.25) is 0 Å². The van der Waals surface area contributed by atoms with Gasteiger partial charge in [0.15, 0.2) is 0 Å². The highest BCUT2D eigenvalue weighted by atomic mass is 35.5. The smallest absolute Gasteiger partial charge is 0.338 e.